The minimum absolute atomic E-state index is 0.00685. The Morgan fingerprint density at radius 1 is 1.41 bits per heavy atom. The van der Waals surface area contributed by atoms with Gasteiger partial charge in [0.05, 0.1) is 24.4 Å². The lowest BCUT2D eigenvalue weighted by Crippen LogP contribution is -2.44. The summed E-state index contributed by atoms with van der Waals surface area (Å²) in [5, 5.41) is 13.2. The van der Waals surface area contributed by atoms with Crippen LogP contribution in [0.15, 0.2) is 23.8 Å². The number of ether oxygens (including phenoxy) is 2. The van der Waals surface area contributed by atoms with E-state index in [0.717, 1.165) is 6.42 Å². The zero-order chi connectivity index (χ0) is 15.9. The van der Waals surface area contributed by atoms with E-state index >= 15 is 0 Å². The van der Waals surface area contributed by atoms with Crippen LogP contribution in [0.3, 0.4) is 0 Å². The average molecular weight is 304 g/mol. The second-order valence-electron chi connectivity index (χ2n) is 5.52. The molecular formula is C16H20N2O4. The molecule has 6 nitrogen and oxygen atoms in total. The van der Waals surface area contributed by atoms with Crippen LogP contribution in [0.5, 0.6) is 11.5 Å². The van der Waals surface area contributed by atoms with Crippen molar-refractivity contribution < 1.29 is 19.4 Å². The van der Waals surface area contributed by atoms with Crippen molar-refractivity contribution in [3.8, 4) is 11.5 Å². The molecule has 0 bridgehead atoms. The summed E-state index contributed by atoms with van der Waals surface area (Å²) in [4.78, 5) is 14.7. The maximum absolute atomic E-state index is 12.9. The van der Waals surface area contributed by atoms with Gasteiger partial charge in [-0.05, 0) is 19.4 Å². The number of allylic oxidation sites excluding steroid dienone is 1. The van der Waals surface area contributed by atoms with E-state index in [-0.39, 0.29) is 29.7 Å². The van der Waals surface area contributed by atoms with Crippen LogP contribution in [-0.2, 0) is 4.74 Å². The zero-order valence-electron chi connectivity index (χ0n) is 12.9. The van der Waals surface area contributed by atoms with Crippen molar-refractivity contribution in [3.63, 3.8) is 0 Å². The Labute approximate surface area is 129 Å². The number of carbonyl (C=O) groups is 1. The number of rotatable bonds is 2. The topological polar surface area (TPSA) is 71.0 Å². The van der Waals surface area contributed by atoms with Crippen molar-refractivity contribution in [1.82, 2.24) is 4.90 Å². The lowest BCUT2D eigenvalue weighted by atomic mass is 10.1. The second kappa shape index (κ2) is 5.53. The molecule has 0 aliphatic carbocycles. The number of hydrogen-bond acceptors (Lipinski definition) is 5. The molecule has 3 rings (SSSR count). The predicted octanol–water partition coefficient (Wildman–Crippen LogP) is 1.96. The van der Waals surface area contributed by atoms with E-state index in [4.69, 9.17) is 9.47 Å². The van der Waals surface area contributed by atoms with Gasteiger partial charge < -0.3 is 24.8 Å². The molecular weight excluding hydrogens is 284 g/mol. The van der Waals surface area contributed by atoms with Gasteiger partial charge in [-0.2, -0.15) is 0 Å². The normalized spacial score (nSPS) is 25.5. The molecule has 1 aromatic rings. The van der Waals surface area contributed by atoms with Crippen LogP contribution in [0, 0.1) is 0 Å². The van der Waals surface area contributed by atoms with Crippen molar-refractivity contribution in [2.45, 2.75) is 25.6 Å². The minimum Gasteiger partial charge on any atom is -0.504 e. The van der Waals surface area contributed by atoms with Gasteiger partial charge in [0.1, 0.15) is 6.23 Å². The summed E-state index contributed by atoms with van der Waals surface area (Å²) in [6, 6.07) is 3.02. The van der Waals surface area contributed by atoms with Crippen LogP contribution in [0.4, 0.5) is 5.69 Å². The van der Waals surface area contributed by atoms with Gasteiger partial charge in [-0.15, -0.1) is 0 Å². The van der Waals surface area contributed by atoms with Gasteiger partial charge in [0.2, 0.25) is 0 Å². The largest absolute Gasteiger partial charge is 0.504 e. The summed E-state index contributed by atoms with van der Waals surface area (Å²) in [7, 11) is 3.08. The SMILES string of the molecule is C/C=C1/CC2C(OC)Nc3cc(O)c(OC)cc3C(=O)N2C1. The minimum atomic E-state index is -0.324. The first-order valence-electron chi connectivity index (χ1n) is 7.24. The Morgan fingerprint density at radius 2 is 2.18 bits per heavy atom. The van der Waals surface area contributed by atoms with Gasteiger partial charge in [0.25, 0.3) is 5.91 Å². The lowest BCUT2D eigenvalue weighted by molar-refractivity contribution is 0.0420. The Kier molecular flexibility index (Phi) is 3.70. The summed E-state index contributed by atoms with van der Waals surface area (Å²) in [5.74, 6) is 0.196. The Morgan fingerprint density at radius 3 is 2.82 bits per heavy atom. The fourth-order valence-electron chi connectivity index (χ4n) is 3.13. The summed E-state index contributed by atoms with van der Waals surface area (Å²) in [6.45, 7) is 2.58. The molecule has 2 aliphatic heterocycles. The number of anilines is 1. The van der Waals surface area contributed by atoms with Crippen molar-refractivity contribution in [1.29, 1.82) is 0 Å². The standard InChI is InChI=1S/C16H20N2O4/c1-4-9-5-12-15(22-3)17-11-7-13(19)14(21-2)6-10(11)16(20)18(12)8-9/h4,6-7,12,15,17,19H,5,8H2,1-3H3/b9-4-. The lowest BCUT2D eigenvalue weighted by Gasteiger charge is -2.27. The molecule has 2 aliphatic rings. The highest BCUT2D eigenvalue weighted by atomic mass is 16.5. The van der Waals surface area contributed by atoms with E-state index in [0.29, 0.717) is 17.8 Å². The van der Waals surface area contributed by atoms with Crippen LogP contribution < -0.4 is 10.1 Å². The van der Waals surface area contributed by atoms with Crippen molar-refractivity contribution >= 4 is 11.6 Å². The highest BCUT2D eigenvalue weighted by Gasteiger charge is 2.41. The van der Waals surface area contributed by atoms with Crippen LogP contribution in [0.25, 0.3) is 0 Å². The predicted molar refractivity (Wildman–Crippen MR) is 82.3 cm³/mol. The molecule has 2 unspecified atom stereocenters. The van der Waals surface area contributed by atoms with Gasteiger partial charge in [0.15, 0.2) is 11.5 Å². The first kappa shape index (κ1) is 14.7. The van der Waals surface area contributed by atoms with E-state index in [1.807, 2.05) is 17.9 Å². The molecule has 0 spiro atoms. The summed E-state index contributed by atoms with van der Waals surface area (Å²) >= 11 is 0. The molecule has 2 atom stereocenters. The molecule has 1 fully saturated rings. The third-order valence-corrected chi connectivity index (χ3v) is 4.36. The van der Waals surface area contributed by atoms with E-state index in [1.165, 1.54) is 18.7 Å². The third kappa shape index (κ3) is 2.20. The van der Waals surface area contributed by atoms with Crippen molar-refractivity contribution in [2.24, 2.45) is 0 Å². The van der Waals surface area contributed by atoms with Gasteiger partial charge in [-0.25, -0.2) is 0 Å². The van der Waals surface area contributed by atoms with Crippen LogP contribution >= 0.6 is 0 Å². The Hall–Kier alpha value is -2.21. The molecule has 1 amide bonds. The zero-order valence-corrected chi connectivity index (χ0v) is 12.9. The molecule has 1 aromatic carbocycles. The molecule has 1 saturated heterocycles. The van der Waals surface area contributed by atoms with E-state index in [9.17, 15) is 9.90 Å². The van der Waals surface area contributed by atoms with Gasteiger partial charge in [-0.1, -0.05) is 11.6 Å². The average Bonchev–Trinajstić information content (AvgIpc) is 2.92. The molecule has 0 aromatic heterocycles. The molecule has 0 radical (unpaired) electrons. The molecule has 0 saturated carbocycles. The number of amides is 1. The number of nitrogens with one attached hydrogen (secondary N) is 1. The smallest absolute Gasteiger partial charge is 0.256 e. The summed E-state index contributed by atoms with van der Waals surface area (Å²) in [5.41, 5.74) is 2.26. The molecule has 2 heterocycles. The number of hydrogen-bond donors (Lipinski definition) is 2. The number of methoxy groups -OCH3 is 2. The maximum atomic E-state index is 12.9. The number of nitrogens with zero attached hydrogens (tertiary/aromatic N) is 1. The van der Waals surface area contributed by atoms with E-state index in [2.05, 4.69) is 5.32 Å². The van der Waals surface area contributed by atoms with Crippen LogP contribution in [0.1, 0.15) is 23.7 Å². The number of benzene rings is 1. The number of phenolic OH excluding ortho intramolecular Hbond substituents is 1. The Balaban J connectivity index is 2.09. The number of fused-ring (bicyclic) bond motifs is 2. The van der Waals surface area contributed by atoms with E-state index in [1.54, 1.807) is 13.2 Å². The summed E-state index contributed by atoms with van der Waals surface area (Å²) in [6.07, 6.45) is 2.51. The van der Waals surface area contributed by atoms with Gasteiger partial charge in [-0.3, -0.25) is 4.79 Å². The monoisotopic (exact) mass is 304 g/mol. The summed E-state index contributed by atoms with van der Waals surface area (Å²) < 4.78 is 10.7. The number of carbonyl (C=O) groups excluding carboxylic acids is 1. The van der Waals surface area contributed by atoms with Crippen LogP contribution in [-0.4, -0.2) is 48.9 Å². The third-order valence-electron chi connectivity index (χ3n) is 4.36. The van der Waals surface area contributed by atoms with Gasteiger partial charge >= 0.3 is 0 Å². The number of aromatic hydroxyl groups is 1. The molecule has 118 valence electrons. The first-order chi connectivity index (χ1) is 10.6. The fourth-order valence-corrected chi connectivity index (χ4v) is 3.13. The van der Waals surface area contributed by atoms with Crippen LogP contribution in [0.2, 0.25) is 0 Å². The highest BCUT2D eigenvalue weighted by Crippen LogP contribution is 2.38. The fraction of sp³-hybridized carbons (Fsp3) is 0.438. The molecule has 2 N–H and O–H groups in total. The number of phenols is 1. The first-order valence-corrected chi connectivity index (χ1v) is 7.24. The quantitative estimate of drug-likeness (QED) is 0.817. The highest BCUT2D eigenvalue weighted by molar-refractivity contribution is 6.02. The van der Waals surface area contributed by atoms with Crippen molar-refractivity contribution in [3.05, 3.63) is 29.3 Å². The maximum Gasteiger partial charge on any atom is 0.256 e. The van der Waals surface area contributed by atoms with Gasteiger partial charge in [0, 0.05) is 19.7 Å². The molecule has 6 heteroatoms. The van der Waals surface area contributed by atoms with Crippen molar-refractivity contribution in [2.75, 3.05) is 26.1 Å². The molecule has 22 heavy (non-hydrogen) atoms. The second-order valence-corrected chi connectivity index (χ2v) is 5.52. The Bertz CT molecular complexity index is 641. The van der Waals surface area contributed by atoms with E-state index < -0.39 is 0 Å².